The van der Waals surface area contributed by atoms with E-state index in [0.29, 0.717) is 5.75 Å². The molecule has 2 aromatic carbocycles. The third-order valence-electron chi connectivity index (χ3n) is 3.38. The third-order valence-corrected chi connectivity index (χ3v) is 3.48. The van der Waals surface area contributed by atoms with Crippen molar-refractivity contribution in [1.82, 2.24) is 0 Å². The van der Waals surface area contributed by atoms with Crippen molar-refractivity contribution in [1.29, 1.82) is 0 Å². The number of hydrogen-bond acceptors (Lipinski definition) is 5. The monoisotopic (exact) mass is 361 g/mol. The van der Waals surface area contributed by atoms with Gasteiger partial charge >= 0.3 is 5.97 Å². The quantitative estimate of drug-likeness (QED) is 0.592. The van der Waals surface area contributed by atoms with Gasteiger partial charge in [-0.2, -0.15) is 4.99 Å². The van der Waals surface area contributed by atoms with Crippen molar-refractivity contribution in [3.63, 3.8) is 0 Å². The molecule has 0 aromatic heterocycles. The number of rotatable bonds is 7. The van der Waals surface area contributed by atoms with Crippen molar-refractivity contribution in [2.45, 2.75) is 19.4 Å². The molecule has 0 radical (unpaired) electrons. The lowest BCUT2D eigenvalue weighted by molar-refractivity contribution is -0.156. The largest absolute Gasteiger partial charge is 0.489 e. The molecule has 0 spiro atoms. The van der Waals surface area contributed by atoms with Crippen LogP contribution in [-0.4, -0.2) is 28.4 Å². The molecule has 2 rings (SSSR count). The zero-order valence-corrected chi connectivity index (χ0v) is 14.5. The molecular formula is C18H16FNO4S. The molecule has 25 heavy (non-hydrogen) atoms. The predicted molar refractivity (Wildman–Crippen MR) is 94.4 cm³/mol. The van der Waals surface area contributed by atoms with Crippen molar-refractivity contribution < 1.29 is 23.8 Å². The number of aliphatic imine (C=N–C) groups is 1. The van der Waals surface area contributed by atoms with Crippen LogP contribution in [0.4, 0.5) is 10.1 Å². The number of isothiocyanates is 1. The van der Waals surface area contributed by atoms with E-state index in [2.05, 4.69) is 22.4 Å². The van der Waals surface area contributed by atoms with Gasteiger partial charge in [0.15, 0.2) is 5.82 Å². The van der Waals surface area contributed by atoms with Crippen LogP contribution in [0.5, 0.6) is 11.5 Å². The normalized spacial score (nSPS) is 12.6. The lowest BCUT2D eigenvalue weighted by Gasteiger charge is -2.26. The Bertz CT molecular complexity index is 836. The predicted octanol–water partition coefficient (Wildman–Crippen LogP) is 4.17. The second kappa shape index (κ2) is 7.88. The minimum atomic E-state index is -1.64. The highest BCUT2D eigenvalue weighted by atomic mass is 32.1. The maximum Gasteiger partial charge on any atom is 0.351 e. The fraction of sp³-hybridized carbons (Fsp3) is 0.222. The summed E-state index contributed by atoms with van der Waals surface area (Å²) in [5, 5.41) is 11.6. The van der Waals surface area contributed by atoms with E-state index < -0.39 is 17.4 Å². The number of thiocarbonyl (C=S) groups is 1. The first-order valence-electron chi connectivity index (χ1n) is 7.33. The highest BCUT2D eigenvalue weighted by Gasteiger charge is 2.37. The average molecular weight is 361 g/mol. The van der Waals surface area contributed by atoms with Gasteiger partial charge in [-0.15, -0.1) is 0 Å². The van der Waals surface area contributed by atoms with Crippen LogP contribution in [0.2, 0.25) is 0 Å². The van der Waals surface area contributed by atoms with E-state index in [9.17, 15) is 14.3 Å². The Balaban J connectivity index is 2.15. The summed E-state index contributed by atoms with van der Waals surface area (Å²) in [6, 6.07) is 10.9. The molecule has 130 valence electrons. The zero-order valence-electron chi connectivity index (χ0n) is 13.7. The molecule has 0 saturated carbocycles. The van der Waals surface area contributed by atoms with Gasteiger partial charge in [0.05, 0.1) is 5.16 Å². The van der Waals surface area contributed by atoms with Crippen LogP contribution >= 0.6 is 12.2 Å². The second-order valence-corrected chi connectivity index (χ2v) is 5.74. The number of halogens is 1. The summed E-state index contributed by atoms with van der Waals surface area (Å²) in [5.74, 6) is -1.28. The van der Waals surface area contributed by atoms with Gasteiger partial charge in [0.2, 0.25) is 5.60 Å². The minimum absolute atomic E-state index is 0.0272. The molecule has 0 heterocycles. The van der Waals surface area contributed by atoms with E-state index in [1.807, 2.05) is 13.0 Å². The van der Waals surface area contributed by atoms with Crippen molar-refractivity contribution >= 4 is 29.0 Å². The van der Waals surface area contributed by atoms with Crippen LogP contribution in [0.15, 0.2) is 47.5 Å². The number of aryl methyl sites for hydroxylation is 1. The molecule has 1 atom stereocenters. The van der Waals surface area contributed by atoms with E-state index in [1.165, 1.54) is 19.1 Å². The molecule has 0 saturated heterocycles. The molecule has 0 aliphatic heterocycles. The number of hydrogen-bond donors (Lipinski definition) is 1. The summed E-state index contributed by atoms with van der Waals surface area (Å²) in [6.07, 6.45) is 0. The van der Waals surface area contributed by atoms with Gasteiger partial charge < -0.3 is 14.6 Å². The Morgan fingerprint density at radius 2 is 2.08 bits per heavy atom. The first-order chi connectivity index (χ1) is 11.8. The van der Waals surface area contributed by atoms with Gasteiger partial charge in [-0.3, -0.25) is 0 Å². The van der Waals surface area contributed by atoms with E-state index in [0.717, 1.165) is 11.6 Å². The second-order valence-electron chi connectivity index (χ2n) is 5.56. The van der Waals surface area contributed by atoms with Crippen molar-refractivity contribution in [2.75, 3.05) is 6.61 Å². The summed E-state index contributed by atoms with van der Waals surface area (Å²) in [6.45, 7) is 2.94. The number of nitrogens with zero attached hydrogens (tertiary/aromatic N) is 1. The fourth-order valence-electron chi connectivity index (χ4n) is 2.01. The summed E-state index contributed by atoms with van der Waals surface area (Å²) in [4.78, 5) is 15.2. The Kier molecular flexibility index (Phi) is 5.85. The van der Waals surface area contributed by atoms with Crippen LogP contribution in [0, 0.1) is 12.7 Å². The van der Waals surface area contributed by atoms with Crippen LogP contribution in [0.25, 0.3) is 0 Å². The first-order valence-corrected chi connectivity index (χ1v) is 7.74. The van der Waals surface area contributed by atoms with Gasteiger partial charge in [-0.1, -0.05) is 12.1 Å². The lowest BCUT2D eigenvalue weighted by Crippen LogP contribution is -2.47. The van der Waals surface area contributed by atoms with Gasteiger partial charge in [0, 0.05) is 6.07 Å². The van der Waals surface area contributed by atoms with Gasteiger partial charge in [0.25, 0.3) is 0 Å². The van der Waals surface area contributed by atoms with E-state index in [-0.39, 0.29) is 18.0 Å². The maximum atomic E-state index is 13.8. The van der Waals surface area contributed by atoms with Crippen LogP contribution < -0.4 is 9.47 Å². The van der Waals surface area contributed by atoms with Crippen molar-refractivity contribution in [2.24, 2.45) is 4.99 Å². The van der Waals surface area contributed by atoms with Gasteiger partial charge in [-0.25, -0.2) is 9.18 Å². The van der Waals surface area contributed by atoms with Gasteiger partial charge in [0.1, 0.15) is 23.8 Å². The molecule has 0 amide bonds. The molecule has 0 aliphatic carbocycles. The first kappa shape index (κ1) is 18.6. The number of carboxylic acid groups (broad SMARTS) is 1. The number of carbonyl (C=O) groups is 1. The van der Waals surface area contributed by atoms with Gasteiger partial charge in [-0.05, 0) is 55.9 Å². The molecule has 2 aromatic rings. The lowest BCUT2D eigenvalue weighted by atomic mass is 10.1. The van der Waals surface area contributed by atoms with Crippen LogP contribution in [0.3, 0.4) is 0 Å². The molecule has 1 N–H and O–H groups in total. The third kappa shape index (κ3) is 4.86. The Labute approximate surface area is 149 Å². The molecule has 5 nitrogen and oxygen atoms in total. The zero-order chi connectivity index (χ0) is 18.4. The molecule has 0 bridgehead atoms. The molecule has 0 fully saturated rings. The van der Waals surface area contributed by atoms with Crippen LogP contribution in [-0.2, 0) is 4.79 Å². The summed E-state index contributed by atoms with van der Waals surface area (Å²) >= 11 is 4.43. The minimum Gasteiger partial charge on any atom is -0.489 e. The number of aliphatic carboxylic acids is 1. The fourth-order valence-corrected chi connectivity index (χ4v) is 2.11. The Morgan fingerprint density at radius 1 is 1.32 bits per heavy atom. The van der Waals surface area contributed by atoms with Crippen molar-refractivity contribution in [3.05, 3.63) is 53.8 Å². The Morgan fingerprint density at radius 3 is 2.68 bits per heavy atom. The Hall–Kier alpha value is -2.76. The highest BCUT2D eigenvalue weighted by molar-refractivity contribution is 7.78. The van der Waals surface area contributed by atoms with E-state index in [4.69, 9.17) is 9.47 Å². The smallest absolute Gasteiger partial charge is 0.351 e. The SMILES string of the molecule is Cc1cccc(OC(C)(COc2ccc(N=C=S)c(F)c2)C(=O)O)c1. The number of carboxylic acids is 1. The number of ether oxygens (including phenoxy) is 2. The highest BCUT2D eigenvalue weighted by Crippen LogP contribution is 2.25. The van der Waals surface area contributed by atoms with Crippen LogP contribution in [0.1, 0.15) is 12.5 Å². The topological polar surface area (TPSA) is 68.1 Å². The van der Waals surface area contributed by atoms with E-state index in [1.54, 1.807) is 18.2 Å². The molecule has 0 aliphatic rings. The molecule has 1 unspecified atom stereocenters. The average Bonchev–Trinajstić information content (AvgIpc) is 2.55. The molecule has 7 heteroatoms. The maximum absolute atomic E-state index is 13.8. The number of benzene rings is 2. The van der Waals surface area contributed by atoms with E-state index >= 15 is 0 Å². The van der Waals surface area contributed by atoms with Crippen molar-refractivity contribution in [3.8, 4) is 11.5 Å². The standard InChI is InChI=1S/C18H16FNO4S/c1-12-4-3-5-14(8-12)24-18(2,17(21)22)10-23-13-6-7-16(20-11-25)15(19)9-13/h3-9H,10H2,1-2H3,(H,21,22). The summed E-state index contributed by atoms with van der Waals surface area (Å²) in [7, 11) is 0. The summed E-state index contributed by atoms with van der Waals surface area (Å²) in [5.41, 5.74) is -0.683. The molecular weight excluding hydrogens is 345 g/mol. The summed E-state index contributed by atoms with van der Waals surface area (Å²) < 4.78 is 24.8.